The molecule has 3 aromatic rings. The van der Waals surface area contributed by atoms with Crippen molar-refractivity contribution in [1.29, 1.82) is 0 Å². The Labute approximate surface area is 133 Å². The van der Waals surface area contributed by atoms with E-state index in [1.165, 1.54) is 6.07 Å². The van der Waals surface area contributed by atoms with Crippen LogP contribution in [-0.2, 0) is 5.88 Å². The maximum atomic E-state index is 13.9. The first-order valence-electron chi connectivity index (χ1n) is 6.20. The zero-order chi connectivity index (χ0) is 15.1. The Hall–Kier alpha value is -1.46. The number of aromatic nitrogens is 2. The van der Waals surface area contributed by atoms with E-state index in [0.717, 1.165) is 21.8 Å². The number of fused-ring (bicyclic) bond motifs is 1. The first kappa shape index (κ1) is 14.5. The maximum Gasteiger partial charge on any atom is 0.153 e. The van der Waals surface area contributed by atoms with Crippen LogP contribution in [0.2, 0.25) is 0 Å². The maximum absolute atomic E-state index is 13.9. The number of rotatable bonds is 2. The Kier molecular flexibility index (Phi) is 3.71. The van der Waals surface area contributed by atoms with E-state index in [1.807, 2.05) is 25.1 Å². The molecule has 0 bridgehead atoms. The smallest absolute Gasteiger partial charge is 0.153 e. The summed E-state index contributed by atoms with van der Waals surface area (Å²) in [5.74, 6) is -0.767. The minimum absolute atomic E-state index is 0.0989. The highest BCUT2D eigenvalue weighted by Gasteiger charge is 2.17. The molecule has 0 aliphatic heterocycles. The van der Waals surface area contributed by atoms with Gasteiger partial charge in [-0.3, -0.25) is 4.57 Å². The molecule has 0 aliphatic carbocycles. The van der Waals surface area contributed by atoms with Crippen molar-refractivity contribution in [2.75, 3.05) is 0 Å². The van der Waals surface area contributed by atoms with Gasteiger partial charge in [-0.2, -0.15) is 0 Å². The van der Waals surface area contributed by atoms with Gasteiger partial charge in [0.2, 0.25) is 0 Å². The van der Waals surface area contributed by atoms with Crippen LogP contribution in [0.1, 0.15) is 11.4 Å². The van der Waals surface area contributed by atoms with E-state index in [9.17, 15) is 8.78 Å². The lowest BCUT2D eigenvalue weighted by atomic mass is 10.2. The van der Waals surface area contributed by atoms with Gasteiger partial charge in [-0.25, -0.2) is 13.8 Å². The number of nitrogens with zero attached hydrogens (tertiary/aromatic N) is 2. The van der Waals surface area contributed by atoms with Crippen LogP contribution in [-0.4, -0.2) is 9.55 Å². The fraction of sp³-hybridized carbons (Fsp3) is 0.133. The van der Waals surface area contributed by atoms with Crippen molar-refractivity contribution in [2.24, 2.45) is 0 Å². The third-order valence-electron chi connectivity index (χ3n) is 3.35. The molecule has 0 radical (unpaired) electrons. The zero-order valence-corrected chi connectivity index (χ0v) is 13.3. The molecule has 0 saturated carbocycles. The van der Waals surface area contributed by atoms with Gasteiger partial charge in [0.1, 0.15) is 17.2 Å². The van der Waals surface area contributed by atoms with Gasteiger partial charge >= 0.3 is 0 Å². The van der Waals surface area contributed by atoms with E-state index in [4.69, 9.17) is 11.6 Å². The van der Waals surface area contributed by atoms with E-state index in [1.54, 1.807) is 4.57 Å². The van der Waals surface area contributed by atoms with E-state index >= 15 is 0 Å². The van der Waals surface area contributed by atoms with Crippen molar-refractivity contribution in [3.05, 3.63) is 57.8 Å². The summed E-state index contributed by atoms with van der Waals surface area (Å²) in [5.41, 5.74) is 2.20. The molecule has 6 heteroatoms. The number of hydrogen-bond donors (Lipinski definition) is 0. The van der Waals surface area contributed by atoms with E-state index < -0.39 is 11.6 Å². The Balaban J connectivity index is 2.43. The molecular formula is C15H10BrClF2N2. The molecule has 0 saturated heterocycles. The van der Waals surface area contributed by atoms with Gasteiger partial charge in [0.25, 0.3) is 0 Å². The summed E-state index contributed by atoms with van der Waals surface area (Å²) in [5, 5.41) is 0. The third kappa shape index (κ3) is 2.34. The SMILES string of the molecule is Cc1c(Br)cccc1-n1c(CCl)nc2c(F)cc(F)cc21. The lowest BCUT2D eigenvalue weighted by Gasteiger charge is -2.12. The highest BCUT2D eigenvalue weighted by molar-refractivity contribution is 9.10. The minimum atomic E-state index is -0.692. The highest BCUT2D eigenvalue weighted by Crippen LogP contribution is 2.29. The molecule has 108 valence electrons. The van der Waals surface area contributed by atoms with Gasteiger partial charge in [-0.1, -0.05) is 22.0 Å². The second-order valence-corrected chi connectivity index (χ2v) is 5.76. The van der Waals surface area contributed by atoms with Gasteiger partial charge in [-0.15, -0.1) is 11.6 Å². The second-order valence-electron chi connectivity index (χ2n) is 4.64. The number of hydrogen-bond acceptors (Lipinski definition) is 1. The first-order valence-corrected chi connectivity index (χ1v) is 7.53. The summed E-state index contributed by atoms with van der Waals surface area (Å²) >= 11 is 9.38. The lowest BCUT2D eigenvalue weighted by molar-refractivity contribution is 0.590. The molecule has 0 fully saturated rings. The van der Waals surface area contributed by atoms with Crippen LogP contribution in [0.15, 0.2) is 34.8 Å². The predicted molar refractivity (Wildman–Crippen MR) is 83.0 cm³/mol. The normalized spacial score (nSPS) is 11.3. The van der Waals surface area contributed by atoms with Gasteiger partial charge in [0.05, 0.1) is 17.1 Å². The van der Waals surface area contributed by atoms with Crippen LogP contribution in [0, 0.1) is 18.6 Å². The Bertz CT molecular complexity index is 845. The second kappa shape index (κ2) is 5.39. The van der Waals surface area contributed by atoms with E-state index in [2.05, 4.69) is 20.9 Å². The number of imidazole rings is 1. The molecule has 0 atom stereocenters. The summed E-state index contributed by atoms with van der Waals surface area (Å²) < 4.78 is 30.1. The van der Waals surface area contributed by atoms with Crippen LogP contribution >= 0.6 is 27.5 Å². The quantitative estimate of drug-likeness (QED) is 0.572. The molecular weight excluding hydrogens is 362 g/mol. The molecule has 0 aliphatic rings. The average molecular weight is 372 g/mol. The van der Waals surface area contributed by atoms with E-state index in [-0.39, 0.29) is 11.4 Å². The Morgan fingerprint density at radius 1 is 1.29 bits per heavy atom. The van der Waals surface area contributed by atoms with Crippen molar-refractivity contribution >= 4 is 38.6 Å². The molecule has 0 spiro atoms. The van der Waals surface area contributed by atoms with Crippen LogP contribution < -0.4 is 0 Å². The molecule has 2 aromatic carbocycles. The molecule has 0 unspecified atom stereocenters. The largest absolute Gasteiger partial charge is 0.295 e. The summed E-state index contributed by atoms with van der Waals surface area (Å²) in [6.45, 7) is 1.92. The number of benzene rings is 2. The standard InChI is InChI=1S/C15H10BrClF2N2/c1-8-10(16)3-2-4-12(8)21-13-6-9(18)5-11(19)15(13)20-14(21)7-17/h2-6H,7H2,1H3. The van der Waals surface area contributed by atoms with Crippen molar-refractivity contribution in [1.82, 2.24) is 9.55 Å². The highest BCUT2D eigenvalue weighted by atomic mass is 79.9. The Morgan fingerprint density at radius 3 is 2.76 bits per heavy atom. The van der Waals surface area contributed by atoms with Crippen molar-refractivity contribution in [3.8, 4) is 5.69 Å². The van der Waals surface area contributed by atoms with Crippen molar-refractivity contribution < 1.29 is 8.78 Å². The van der Waals surface area contributed by atoms with Gasteiger partial charge in [0, 0.05) is 16.6 Å². The average Bonchev–Trinajstić information content (AvgIpc) is 2.80. The van der Waals surface area contributed by atoms with Crippen molar-refractivity contribution in [2.45, 2.75) is 12.8 Å². The fourth-order valence-electron chi connectivity index (χ4n) is 2.35. The van der Waals surface area contributed by atoms with Gasteiger partial charge < -0.3 is 0 Å². The van der Waals surface area contributed by atoms with Crippen molar-refractivity contribution in [3.63, 3.8) is 0 Å². The summed E-state index contributed by atoms with van der Waals surface area (Å²) in [6, 6.07) is 7.71. The topological polar surface area (TPSA) is 17.8 Å². The molecule has 1 aromatic heterocycles. The first-order chi connectivity index (χ1) is 10.0. The van der Waals surface area contributed by atoms with Crippen LogP contribution in [0.5, 0.6) is 0 Å². The lowest BCUT2D eigenvalue weighted by Crippen LogP contribution is -2.02. The summed E-state index contributed by atoms with van der Waals surface area (Å²) in [4.78, 5) is 4.19. The van der Waals surface area contributed by atoms with Crippen LogP contribution in [0.3, 0.4) is 0 Å². The molecule has 1 heterocycles. The zero-order valence-electron chi connectivity index (χ0n) is 11.0. The molecule has 3 rings (SSSR count). The van der Waals surface area contributed by atoms with Crippen LogP contribution in [0.25, 0.3) is 16.7 Å². The Morgan fingerprint density at radius 2 is 2.05 bits per heavy atom. The third-order valence-corrected chi connectivity index (χ3v) is 4.45. The molecule has 0 N–H and O–H groups in total. The summed E-state index contributed by atoms with van der Waals surface area (Å²) in [7, 11) is 0. The number of halogens is 4. The fourth-order valence-corrected chi connectivity index (χ4v) is 2.88. The van der Waals surface area contributed by atoms with Gasteiger partial charge in [-0.05, 0) is 24.6 Å². The van der Waals surface area contributed by atoms with E-state index in [0.29, 0.717) is 11.3 Å². The van der Waals surface area contributed by atoms with Gasteiger partial charge in [0.15, 0.2) is 5.82 Å². The molecule has 0 amide bonds. The van der Waals surface area contributed by atoms with Crippen LogP contribution in [0.4, 0.5) is 8.78 Å². The summed E-state index contributed by atoms with van der Waals surface area (Å²) in [6.07, 6.45) is 0. The monoisotopic (exact) mass is 370 g/mol. The number of alkyl halides is 1. The minimum Gasteiger partial charge on any atom is -0.295 e. The molecule has 21 heavy (non-hydrogen) atoms. The predicted octanol–water partition coefficient (Wildman–Crippen LogP) is 5.11. The molecule has 2 nitrogen and oxygen atoms in total.